The number of amides is 1. The average molecular weight is 428 g/mol. The molecule has 4 nitrogen and oxygen atoms in total. The molecule has 31 heavy (non-hydrogen) atoms. The van der Waals surface area contributed by atoms with Crippen molar-refractivity contribution in [2.24, 2.45) is 0 Å². The summed E-state index contributed by atoms with van der Waals surface area (Å²) in [5.74, 6) is -0.418. The summed E-state index contributed by atoms with van der Waals surface area (Å²) < 4.78 is 0. The Kier molecular flexibility index (Phi) is 7.91. The maximum atomic E-state index is 12.8. The number of nitrogens with one attached hydrogen (secondary N) is 2. The largest absolute Gasteiger partial charge is 0.359 e. The van der Waals surface area contributed by atoms with Crippen LogP contribution in [0.2, 0.25) is 0 Å². The van der Waals surface area contributed by atoms with E-state index in [1.807, 2.05) is 92.7 Å². The summed E-state index contributed by atoms with van der Waals surface area (Å²) in [5.41, 5.74) is 3.77. The lowest BCUT2D eigenvalue weighted by atomic mass is 10.0. The number of rotatable bonds is 8. The number of para-hydroxylation sites is 2. The van der Waals surface area contributed by atoms with Gasteiger partial charge in [-0.05, 0) is 48.2 Å². The lowest BCUT2D eigenvalue weighted by Crippen LogP contribution is -2.17. The number of nitrogens with zero attached hydrogens (tertiary/aromatic N) is 1. The maximum absolute atomic E-state index is 12.8. The second-order valence-corrected chi connectivity index (χ2v) is 7.95. The fourth-order valence-electron chi connectivity index (χ4n) is 3.17. The van der Waals surface area contributed by atoms with Crippen LogP contribution in [0.15, 0.2) is 94.4 Å². The molecule has 0 spiro atoms. The van der Waals surface area contributed by atoms with Gasteiger partial charge in [-0.1, -0.05) is 74.1 Å². The van der Waals surface area contributed by atoms with E-state index < -0.39 is 5.91 Å². The molecule has 1 amide bonds. The highest BCUT2D eigenvalue weighted by atomic mass is 32.2. The Hall–Kier alpha value is -3.49. The SMILES string of the molecule is CCc1cccc(CC)c1NC(=O)/C(C#N)=C\Nc1ccccc1Sc1ccccc1. The minimum atomic E-state index is -0.418. The van der Waals surface area contributed by atoms with Crippen molar-refractivity contribution >= 4 is 29.0 Å². The number of nitriles is 1. The van der Waals surface area contributed by atoms with Gasteiger partial charge in [0.25, 0.3) is 5.91 Å². The third kappa shape index (κ3) is 5.78. The van der Waals surface area contributed by atoms with E-state index >= 15 is 0 Å². The Morgan fingerprint density at radius 3 is 2.23 bits per heavy atom. The molecule has 3 aromatic carbocycles. The monoisotopic (exact) mass is 427 g/mol. The van der Waals surface area contributed by atoms with Crippen LogP contribution >= 0.6 is 11.8 Å². The van der Waals surface area contributed by atoms with E-state index in [2.05, 4.69) is 10.6 Å². The van der Waals surface area contributed by atoms with Crippen LogP contribution in [-0.2, 0) is 17.6 Å². The van der Waals surface area contributed by atoms with Crippen molar-refractivity contribution in [2.45, 2.75) is 36.5 Å². The molecule has 3 rings (SSSR count). The van der Waals surface area contributed by atoms with Crippen molar-refractivity contribution in [1.82, 2.24) is 0 Å². The molecule has 0 fully saturated rings. The van der Waals surface area contributed by atoms with Crippen molar-refractivity contribution in [2.75, 3.05) is 10.6 Å². The van der Waals surface area contributed by atoms with Crippen LogP contribution < -0.4 is 10.6 Å². The minimum Gasteiger partial charge on any atom is -0.359 e. The van der Waals surface area contributed by atoms with E-state index in [-0.39, 0.29) is 5.57 Å². The van der Waals surface area contributed by atoms with Crippen molar-refractivity contribution < 1.29 is 4.79 Å². The van der Waals surface area contributed by atoms with Gasteiger partial charge in [-0.3, -0.25) is 4.79 Å². The molecule has 0 bridgehead atoms. The van der Waals surface area contributed by atoms with Crippen LogP contribution in [0.1, 0.15) is 25.0 Å². The molecular weight excluding hydrogens is 402 g/mol. The molecule has 0 saturated heterocycles. The third-order valence-corrected chi connectivity index (χ3v) is 5.92. The second kappa shape index (κ2) is 11.1. The smallest absolute Gasteiger partial charge is 0.267 e. The molecule has 0 aliphatic carbocycles. The van der Waals surface area contributed by atoms with Crippen LogP contribution in [0.25, 0.3) is 0 Å². The van der Waals surface area contributed by atoms with Gasteiger partial charge in [0.05, 0.1) is 5.69 Å². The fourth-order valence-corrected chi connectivity index (χ4v) is 4.10. The van der Waals surface area contributed by atoms with Gasteiger partial charge in [0.2, 0.25) is 0 Å². The summed E-state index contributed by atoms with van der Waals surface area (Å²) in [5, 5.41) is 15.7. The number of carbonyl (C=O) groups is 1. The number of hydrogen-bond donors (Lipinski definition) is 2. The Morgan fingerprint density at radius 1 is 0.935 bits per heavy atom. The number of carbonyl (C=O) groups excluding carboxylic acids is 1. The molecule has 0 radical (unpaired) electrons. The first-order valence-electron chi connectivity index (χ1n) is 10.3. The van der Waals surface area contributed by atoms with E-state index in [9.17, 15) is 10.1 Å². The van der Waals surface area contributed by atoms with E-state index in [1.165, 1.54) is 6.20 Å². The number of anilines is 2. The highest BCUT2D eigenvalue weighted by molar-refractivity contribution is 7.99. The first-order chi connectivity index (χ1) is 15.2. The summed E-state index contributed by atoms with van der Waals surface area (Å²) in [6.07, 6.45) is 3.08. The second-order valence-electron chi connectivity index (χ2n) is 6.84. The van der Waals surface area contributed by atoms with Crippen LogP contribution in [0.4, 0.5) is 11.4 Å². The predicted molar refractivity (Wildman–Crippen MR) is 128 cm³/mol. The van der Waals surface area contributed by atoms with E-state index in [1.54, 1.807) is 11.8 Å². The zero-order chi connectivity index (χ0) is 22.1. The number of benzene rings is 3. The summed E-state index contributed by atoms with van der Waals surface area (Å²) in [6.45, 7) is 4.10. The molecule has 0 aliphatic heterocycles. The van der Waals surface area contributed by atoms with Gasteiger partial charge in [-0.25, -0.2) is 0 Å². The highest BCUT2D eigenvalue weighted by Gasteiger charge is 2.14. The van der Waals surface area contributed by atoms with Crippen LogP contribution in [0.5, 0.6) is 0 Å². The van der Waals surface area contributed by atoms with Crippen molar-refractivity contribution in [3.8, 4) is 6.07 Å². The molecule has 5 heteroatoms. The topological polar surface area (TPSA) is 64.9 Å². The molecule has 0 heterocycles. The van der Waals surface area contributed by atoms with E-state index in [0.29, 0.717) is 0 Å². The first-order valence-corrected chi connectivity index (χ1v) is 11.1. The summed E-state index contributed by atoms with van der Waals surface area (Å²) in [6, 6.07) is 25.9. The molecule has 0 unspecified atom stereocenters. The molecule has 0 aliphatic rings. The molecule has 2 N–H and O–H groups in total. The number of aryl methyl sites for hydroxylation is 2. The van der Waals surface area contributed by atoms with Crippen molar-refractivity contribution in [1.29, 1.82) is 5.26 Å². The lowest BCUT2D eigenvalue weighted by Gasteiger charge is -2.14. The molecule has 3 aromatic rings. The minimum absolute atomic E-state index is 0.0208. The van der Waals surface area contributed by atoms with E-state index in [0.717, 1.165) is 45.1 Å². The fraction of sp³-hybridized carbons (Fsp3) is 0.154. The van der Waals surface area contributed by atoms with Gasteiger partial charge in [0, 0.05) is 21.7 Å². The predicted octanol–water partition coefficient (Wildman–Crippen LogP) is 6.42. The van der Waals surface area contributed by atoms with Crippen molar-refractivity contribution in [3.05, 3.63) is 95.7 Å². The van der Waals surface area contributed by atoms with Gasteiger partial charge >= 0.3 is 0 Å². The lowest BCUT2D eigenvalue weighted by molar-refractivity contribution is -0.112. The molecular formula is C26H25N3OS. The van der Waals surface area contributed by atoms with E-state index in [4.69, 9.17) is 0 Å². The molecule has 0 aromatic heterocycles. The normalized spacial score (nSPS) is 10.9. The quantitative estimate of drug-likeness (QED) is 0.321. The highest BCUT2D eigenvalue weighted by Crippen LogP contribution is 2.33. The molecule has 0 saturated carbocycles. The number of hydrogen-bond acceptors (Lipinski definition) is 4. The summed E-state index contributed by atoms with van der Waals surface area (Å²) >= 11 is 1.62. The van der Waals surface area contributed by atoms with Gasteiger partial charge in [-0.15, -0.1) is 0 Å². The molecule has 0 atom stereocenters. The van der Waals surface area contributed by atoms with Gasteiger partial charge in [0.15, 0.2) is 0 Å². The van der Waals surface area contributed by atoms with Gasteiger partial charge < -0.3 is 10.6 Å². The van der Waals surface area contributed by atoms with Crippen LogP contribution in [-0.4, -0.2) is 5.91 Å². The maximum Gasteiger partial charge on any atom is 0.267 e. The Labute approximate surface area is 188 Å². The third-order valence-electron chi connectivity index (χ3n) is 4.83. The summed E-state index contributed by atoms with van der Waals surface area (Å²) in [4.78, 5) is 14.9. The van der Waals surface area contributed by atoms with Gasteiger partial charge in [0.1, 0.15) is 11.6 Å². The Balaban J connectivity index is 1.79. The Morgan fingerprint density at radius 2 is 1.58 bits per heavy atom. The van der Waals surface area contributed by atoms with Crippen LogP contribution in [0.3, 0.4) is 0 Å². The molecule has 156 valence electrons. The Bertz CT molecular complexity index is 1090. The standard InChI is InChI=1S/C26H25N3OS/c1-3-19-11-10-12-20(4-2)25(19)29-26(30)21(17-27)18-28-23-15-8-9-16-24(23)31-22-13-6-5-7-14-22/h5-16,18,28H,3-4H2,1-2H3,(H,29,30)/b21-18-. The average Bonchev–Trinajstić information content (AvgIpc) is 2.81. The van der Waals surface area contributed by atoms with Crippen LogP contribution in [0, 0.1) is 11.3 Å². The first kappa shape index (κ1) is 22.2. The zero-order valence-electron chi connectivity index (χ0n) is 17.7. The van der Waals surface area contributed by atoms with Gasteiger partial charge in [-0.2, -0.15) is 5.26 Å². The van der Waals surface area contributed by atoms with Crippen molar-refractivity contribution in [3.63, 3.8) is 0 Å². The summed E-state index contributed by atoms with van der Waals surface area (Å²) in [7, 11) is 0. The zero-order valence-corrected chi connectivity index (χ0v) is 18.5.